The summed E-state index contributed by atoms with van der Waals surface area (Å²) in [7, 11) is -2.78. The Hall–Kier alpha value is -3.92. The van der Waals surface area contributed by atoms with Gasteiger partial charge in [-0.1, -0.05) is 56.3 Å². The lowest BCUT2D eigenvalue weighted by Gasteiger charge is -2.33. The summed E-state index contributed by atoms with van der Waals surface area (Å²) in [5.41, 5.74) is 0.455. The molecule has 0 aliphatic rings. The van der Waals surface area contributed by atoms with Gasteiger partial charge >= 0.3 is 0 Å². The van der Waals surface area contributed by atoms with Gasteiger partial charge in [0.15, 0.2) is 0 Å². The number of sulfonamides is 1. The summed E-state index contributed by atoms with van der Waals surface area (Å²) in [4.78, 5) is 28.3. The van der Waals surface area contributed by atoms with E-state index < -0.39 is 34.3 Å². The van der Waals surface area contributed by atoms with Crippen LogP contribution in [0.2, 0.25) is 0 Å². The van der Waals surface area contributed by atoms with E-state index in [0.29, 0.717) is 30.7 Å². The molecule has 1 N–H and O–H groups in total. The quantitative estimate of drug-likeness (QED) is 0.338. The first-order valence-corrected chi connectivity index (χ1v) is 14.2. The molecule has 3 aromatic carbocycles. The van der Waals surface area contributed by atoms with Crippen LogP contribution in [0.3, 0.4) is 0 Å². The molecule has 0 saturated heterocycles. The average Bonchev–Trinajstić information content (AvgIpc) is 2.95. The van der Waals surface area contributed by atoms with Gasteiger partial charge in [-0.05, 0) is 54.8 Å². The Bertz CT molecular complexity index is 1350. The highest BCUT2D eigenvalue weighted by Gasteiger charge is 2.34. The number of ether oxygens (including phenoxy) is 1. The molecule has 3 rings (SSSR count). The van der Waals surface area contributed by atoms with E-state index in [0.717, 1.165) is 10.4 Å². The number of methoxy groups -OCH3 is 1. The number of carbonyl (C=O) groups excluding carboxylic acids is 2. The maximum atomic E-state index is 14.9. The van der Waals surface area contributed by atoms with Gasteiger partial charge in [0.1, 0.15) is 24.2 Å². The Kier molecular flexibility index (Phi) is 10.4. The van der Waals surface area contributed by atoms with Crippen molar-refractivity contribution >= 4 is 27.5 Å². The van der Waals surface area contributed by atoms with Crippen LogP contribution in [0.4, 0.5) is 10.1 Å². The fourth-order valence-electron chi connectivity index (χ4n) is 4.10. The van der Waals surface area contributed by atoms with Gasteiger partial charge in [-0.25, -0.2) is 12.8 Å². The minimum atomic E-state index is -4.33. The normalized spacial score (nSPS) is 11.9. The summed E-state index contributed by atoms with van der Waals surface area (Å²) in [6, 6.07) is 19.1. The minimum absolute atomic E-state index is 0.0391. The third-order valence-corrected chi connectivity index (χ3v) is 7.95. The average molecular weight is 556 g/mol. The molecule has 10 heteroatoms. The smallest absolute Gasteiger partial charge is 0.264 e. The van der Waals surface area contributed by atoms with Gasteiger partial charge in [0.25, 0.3) is 10.0 Å². The number of nitrogens with one attached hydrogen (secondary N) is 1. The van der Waals surface area contributed by atoms with E-state index in [9.17, 15) is 22.4 Å². The number of carbonyl (C=O) groups is 2. The van der Waals surface area contributed by atoms with Crippen molar-refractivity contribution in [1.29, 1.82) is 0 Å². The van der Waals surface area contributed by atoms with Crippen molar-refractivity contribution in [3.63, 3.8) is 0 Å². The topological polar surface area (TPSA) is 96.0 Å². The largest absolute Gasteiger partial charge is 0.497 e. The van der Waals surface area contributed by atoms with Crippen LogP contribution in [-0.2, 0) is 26.2 Å². The second-order valence-electron chi connectivity index (χ2n) is 8.86. The van der Waals surface area contributed by atoms with E-state index in [1.807, 2.05) is 6.92 Å². The molecular formula is C29H34FN3O5S. The summed E-state index contributed by atoms with van der Waals surface area (Å²) in [6.45, 7) is 3.47. The first kappa shape index (κ1) is 29.6. The van der Waals surface area contributed by atoms with Crippen molar-refractivity contribution in [3.05, 3.63) is 90.2 Å². The first-order chi connectivity index (χ1) is 18.7. The minimum Gasteiger partial charge on any atom is -0.497 e. The molecule has 0 spiro atoms. The van der Waals surface area contributed by atoms with Crippen molar-refractivity contribution in [1.82, 2.24) is 10.2 Å². The number of hydrogen-bond donors (Lipinski definition) is 1. The van der Waals surface area contributed by atoms with Gasteiger partial charge in [0.2, 0.25) is 11.8 Å². The Labute approximate surface area is 229 Å². The molecule has 0 saturated carbocycles. The molecule has 0 heterocycles. The summed E-state index contributed by atoms with van der Waals surface area (Å²) in [6.07, 6.45) is 1.01. The zero-order valence-electron chi connectivity index (χ0n) is 22.3. The number of anilines is 1. The Morgan fingerprint density at radius 2 is 1.59 bits per heavy atom. The second kappa shape index (κ2) is 13.7. The summed E-state index contributed by atoms with van der Waals surface area (Å²) < 4.78 is 48.3. The molecule has 208 valence electrons. The second-order valence-corrected chi connectivity index (χ2v) is 10.7. The Morgan fingerprint density at radius 1 is 0.949 bits per heavy atom. The van der Waals surface area contributed by atoms with E-state index in [2.05, 4.69) is 5.32 Å². The predicted octanol–water partition coefficient (Wildman–Crippen LogP) is 4.36. The molecule has 0 aromatic heterocycles. The van der Waals surface area contributed by atoms with Crippen molar-refractivity contribution < 1.29 is 27.1 Å². The van der Waals surface area contributed by atoms with Crippen molar-refractivity contribution in [2.45, 2.75) is 44.2 Å². The number of amides is 2. The number of para-hydroxylation sites is 1. The lowest BCUT2D eigenvalue weighted by molar-refractivity contribution is -0.140. The summed E-state index contributed by atoms with van der Waals surface area (Å²) >= 11 is 0. The predicted molar refractivity (Wildman–Crippen MR) is 148 cm³/mol. The van der Waals surface area contributed by atoms with E-state index >= 15 is 0 Å². The third-order valence-electron chi connectivity index (χ3n) is 6.18. The fraction of sp³-hybridized carbons (Fsp3) is 0.310. The van der Waals surface area contributed by atoms with Crippen molar-refractivity contribution in [3.8, 4) is 5.75 Å². The zero-order chi connectivity index (χ0) is 28.4. The molecule has 1 atom stereocenters. The molecule has 0 bridgehead atoms. The van der Waals surface area contributed by atoms with Crippen LogP contribution in [-0.4, -0.2) is 51.4 Å². The summed E-state index contributed by atoms with van der Waals surface area (Å²) in [5.74, 6) is -1.15. The van der Waals surface area contributed by atoms with Crippen molar-refractivity contribution in [2.24, 2.45) is 0 Å². The van der Waals surface area contributed by atoms with Crippen LogP contribution in [0.25, 0.3) is 0 Å². The maximum Gasteiger partial charge on any atom is 0.264 e. The number of benzene rings is 3. The maximum absolute atomic E-state index is 14.9. The van der Waals surface area contributed by atoms with Gasteiger partial charge in [0, 0.05) is 13.1 Å². The SMILES string of the molecule is CCCNC(=O)C(CC)N(Cc1ccc(OC)cc1)C(=O)CN(c1ccccc1F)S(=O)(=O)c1ccccc1. The van der Waals surface area contributed by atoms with Crippen LogP contribution in [0.5, 0.6) is 5.75 Å². The first-order valence-electron chi connectivity index (χ1n) is 12.7. The standard InChI is InChI=1S/C29H34FN3O5S/c1-4-19-31-29(35)26(5-2)32(20-22-15-17-23(38-3)18-16-22)28(34)21-33(27-14-10-9-13-25(27)30)39(36,37)24-11-7-6-8-12-24/h6-18,26H,4-5,19-21H2,1-3H3,(H,31,35). The molecule has 1 unspecified atom stereocenters. The van der Waals surface area contributed by atoms with Crippen LogP contribution < -0.4 is 14.4 Å². The number of rotatable bonds is 13. The number of halogens is 1. The Morgan fingerprint density at radius 3 is 2.18 bits per heavy atom. The van der Waals surface area contributed by atoms with Gasteiger partial charge < -0.3 is 15.0 Å². The van der Waals surface area contributed by atoms with E-state index in [1.54, 1.807) is 56.5 Å². The van der Waals surface area contributed by atoms with E-state index in [-0.39, 0.29) is 23.0 Å². The Balaban J connectivity index is 2.04. The van der Waals surface area contributed by atoms with Crippen molar-refractivity contribution in [2.75, 3.05) is 24.5 Å². The fourth-order valence-corrected chi connectivity index (χ4v) is 5.54. The molecule has 3 aromatic rings. The third kappa shape index (κ3) is 7.35. The molecule has 8 nitrogen and oxygen atoms in total. The van der Waals surface area contributed by atoms with Gasteiger partial charge in [-0.2, -0.15) is 0 Å². The van der Waals surface area contributed by atoms with Gasteiger partial charge in [-0.3, -0.25) is 13.9 Å². The lowest BCUT2D eigenvalue weighted by Crippen LogP contribution is -2.52. The highest BCUT2D eigenvalue weighted by atomic mass is 32.2. The monoisotopic (exact) mass is 555 g/mol. The van der Waals surface area contributed by atoms with E-state index in [4.69, 9.17) is 4.74 Å². The van der Waals surface area contributed by atoms with E-state index in [1.165, 1.54) is 35.2 Å². The van der Waals surface area contributed by atoms with Crippen LogP contribution in [0.1, 0.15) is 32.3 Å². The molecule has 0 aliphatic carbocycles. The molecule has 0 fully saturated rings. The van der Waals surface area contributed by atoms with Gasteiger partial charge in [0.05, 0.1) is 17.7 Å². The summed E-state index contributed by atoms with van der Waals surface area (Å²) in [5, 5.41) is 2.83. The lowest BCUT2D eigenvalue weighted by atomic mass is 10.1. The number of nitrogens with zero attached hydrogens (tertiary/aromatic N) is 2. The molecule has 39 heavy (non-hydrogen) atoms. The molecule has 0 radical (unpaired) electrons. The molecule has 2 amide bonds. The highest BCUT2D eigenvalue weighted by molar-refractivity contribution is 7.92. The van der Waals surface area contributed by atoms with Crippen LogP contribution in [0, 0.1) is 5.82 Å². The molecule has 0 aliphatic heterocycles. The highest BCUT2D eigenvalue weighted by Crippen LogP contribution is 2.27. The van der Waals surface area contributed by atoms with Crippen LogP contribution in [0.15, 0.2) is 83.8 Å². The van der Waals surface area contributed by atoms with Gasteiger partial charge in [-0.15, -0.1) is 0 Å². The van der Waals surface area contributed by atoms with Crippen LogP contribution >= 0.6 is 0 Å². The zero-order valence-corrected chi connectivity index (χ0v) is 23.2. The molecular weight excluding hydrogens is 521 g/mol. The number of hydrogen-bond acceptors (Lipinski definition) is 5.